The Hall–Kier alpha value is -2.42. The Morgan fingerprint density at radius 1 is 1.23 bits per heavy atom. The zero-order valence-corrected chi connectivity index (χ0v) is 12.4. The van der Waals surface area contributed by atoms with E-state index in [9.17, 15) is 4.79 Å². The second-order valence-electron chi connectivity index (χ2n) is 5.28. The molecule has 2 N–H and O–H groups in total. The number of fused-ring (bicyclic) bond motifs is 2. The van der Waals surface area contributed by atoms with Crippen molar-refractivity contribution in [2.75, 3.05) is 5.32 Å². The predicted molar refractivity (Wildman–Crippen MR) is 83.7 cm³/mol. The van der Waals surface area contributed by atoms with E-state index in [4.69, 9.17) is 5.26 Å². The van der Waals surface area contributed by atoms with Gasteiger partial charge in [0.05, 0.1) is 23.0 Å². The van der Waals surface area contributed by atoms with Crippen LogP contribution < -0.4 is 10.6 Å². The van der Waals surface area contributed by atoms with Gasteiger partial charge in [0.15, 0.2) is 0 Å². The highest BCUT2D eigenvalue weighted by molar-refractivity contribution is 6.04. The number of nitriles is 1. The van der Waals surface area contributed by atoms with Crippen LogP contribution in [0.1, 0.15) is 34.0 Å². The van der Waals surface area contributed by atoms with Gasteiger partial charge in [0.1, 0.15) is 5.92 Å². The van der Waals surface area contributed by atoms with Gasteiger partial charge in [-0.05, 0) is 35.4 Å². The number of carbonyl (C=O) groups is 1. The quantitative estimate of drug-likeness (QED) is 0.845. The molecular weight excluding hydrogens is 300 g/mol. The maximum absolute atomic E-state index is 12.3. The van der Waals surface area contributed by atoms with Gasteiger partial charge in [-0.2, -0.15) is 5.26 Å². The Balaban J connectivity index is 0.00000144. The van der Waals surface area contributed by atoms with Crippen LogP contribution in [-0.2, 0) is 17.9 Å². The number of amides is 1. The molecule has 0 saturated carbocycles. The predicted octanol–water partition coefficient (Wildman–Crippen LogP) is 2.06. The smallest absolute Gasteiger partial charge is 0.238 e. The van der Waals surface area contributed by atoms with Crippen LogP contribution >= 0.6 is 12.4 Å². The zero-order valence-electron chi connectivity index (χ0n) is 11.6. The molecule has 0 fully saturated rings. The number of pyridine rings is 1. The number of nitrogens with one attached hydrogen (secondary N) is 2. The summed E-state index contributed by atoms with van der Waals surface area (Å²) in [6.07, 6.45) is 0. The molecule has 0 saturated heterocycles. The third-order valence-corrected chi connectivity index (χ3v) is 4.01. The van der Waals surface area contributed by atoms with E-state index >= 15 is 0 Å². The first-order chi connectivity index (χ1) is 10.3. The molecule has 4 rings (SSSR count). The van der Waals surface area contributed by atoms with Crippen molar-refractivity contribution in [1.82, 2.24) is 10.3 Å². The molecule has 2 aliphatic rings. The number of aromatic nitrogens is 1. The van der Waals surface area contributed by atoms with Crippen LogP contribution in [0.2, 0.25) is 0 Å². The van der Waals surface area contributed by atoms with E-state index in [0.29, 0.717) is 5.56 Å². The SMILES string of the molecule is Cl.N#Cc1ccc2c(c1)C(c1ccc3c(n1)CNC3)C(=O)N2. The number of halogens is 1. The third kappa shape index (κ3) is 2.13. The van der Waals surface area contributed by atoms with Gasteiger partial charge < -0.3 is 10.6 Å². The normalized spacial score (nSPS) is 18.0. The van der Waals surface area contributed by atoms with Crippen LogP contribution in [0.4, 0.5) is 5.69 Å². The largest absolute Gasteiger partial charge is 0.325 e. The van der Waals surface area contributed by atoms with Crippen molar-refractivity contribution in [3.05, 3.63) is 58.4 Å². The first-order valence-electron chi connectivity index (χ1n) is 6.80. The van der Waals surface area contributed by atoms with E-state index in [1.807, 2.05) is 12.1 Å². The minimum Gasteiger partial charge on any atom is -0.325 e. The topological polar surface area (TPSA) is 77.8 Å². The molecule has 22 heavy (non-hydrogen) atoms. The molecule has 110 valence electrons. The number of hydrogen-bond acceptors (Lipinski definition) is 4. The molecule has 3 heterocycles. The maximum Gasteiger partial charge on any atom is 0.238 e. The number of rotatable bonds is 1. The summed E-state index contributed by atoms with van der Waals surface area (Å²) in [4.78, 5) is 16.9. The first-order valence-corrected chi connectivity index (χ1v) is 6.80. The van der Waals surface area contributed by atoms with Gasteiger partial charge >= 0.3 is 0 Å². The summed E-state index contributed by atoms with van der Waals surface area (Å²) in [5.74, 6) is -0.516. The van der Waals surface area contributed by atoms with Crippen LogP contribution in [0.25, 0.3) is 0 Å². The molecule has 1 amide bonds. The van der Waals surface area contributed by atoms with Crippen molar-refractivity contribution in [1.29, 1.82) is 5.26 Å². The van der Waals surface area contributed by atoms with Crippen molar-refractivity contribution in [2.45, 2.75) is 19.0 Å². The summed E-state index contributed by atoms with van der Waals surface area (Å²) in [5, 5.41) is 15.1. The molecule has 5 nitrogen and oxygen atoms in total. The Bertz CT molecular complexity index is 812. The van der Waals surface area contributed by atoms with Crippen LogP contribution in [0.15, 0.2) is 30.3 Å². The molecule has 2 aromatic rings. The highest BCUT2D eigenvalue weighted by atomic mass is 35.5. The van der Waals surface area contributed by atoms with Crippen molar-refractivity contribution >= 4 is 24.0 Å². The molecule has 1 aromatic carbocycles. The Kier molecular flexibility index (Phi) is 3.57. The van der Waals surface area contributed by atoms with Crippen LogP contribution in [0, 0.1) is 11.3 Å². The maximum atomic E-state index is 12.3. The van der Waals surface area contributed by atoms with Crippen LogP contribution in [-0.4, -0.2) is 10.9 Å². The minimum absolute atomic E-state index is 0. The second-order valence-corrected chi connectivity index (χ2v) is 5.28. The third-order valence-electron chi connectivity index (χ3n) is 4.01. The van der Waals surface area contributed by atoms with Gasteiger partial charge in [-0.3, -0.25) is 9.78 Å². The van der Waals surface area contributed by atoms with Gasteiger partial charge in [-0.25, -0.2) is 0 Å². The molecule has 0 spiro atoms. The average Bonchev–Trinajstić information content (AvgIpc) is 3.08. The molecule has 1 aromatic heterocycles. The minimum atomic E-state index is -0.431. The van der Waals surface area contributed by atoms with Crippen molar-refractivity contribution in [3.8, 4) is 6.07 Å². The summed E-state index contributed by atoms with van der Waals surface area (Å²) in [7, 11) is 0. The van der Waals surface area contributed by atoms with Crippen molar-refractivity contribution < 1.29 is 4.79 Å². The number of nitrogens with zero attached hydrogens (tertiary/aromatic N) is 2. The molecule has 1 atom stereocenters. The summed E-state index contributed by atoms with van der Waals surface area (Å²) in [6, 6.07) is 11.3. The number of benzene rings is 1. The monoisotopic (exact) mass is 312 g/mol. The van der Waals surface area contributed by atoms with Crippen LogP contribution in [0.3, 0.4) is 0 Å². The van der Waals surface area contributed by atoms with E-state index < -0.39 is 5.92 Å². The van der Waals surface area contributed by atoms with Crippen molar-refractivity contribution in [3.63, 3.8) is 0 Å². The highest BCUT2D eigenvalue weighted by Crippen LogP contribution is 2.37. The van der Waals surface area contributed by atoms with E-state index in [1.165, 1.54) is 5.56 Å². The molecule has 1 unspecified atom stereocenters. The second kappa shape index (κ2) is 5.41. The lowest BCUT2D eigenvalue weighted by molar-refractivity contribution is -0.116. The lowest BCUT2D eigenvalue weighted by Gasteiger charge is -2.10. The van der Waals surface area contributed by atoms with E-state index in [0.717, 1.165) is 35.7 Å². The van der Waals surface area contributed by atoms with E-state index in [-0.39, 0.29) is 18.3 Å². The first kappa shape index (κ1) is 14.5. The Morgan fingerprint density at radius 3 is 2.91 bits per heavy atom. The number of hydrogen-bond donors (Lipinski definition) is 2. The molecule has 0 radical (unpaired) electrons. The van der Waals surface area contributed by atoms with Gasteiger partial charge in [0.25, 0.3) is 0 Å². The number of carbonyl (C=O) groups excluding carboxylic acids is 1. The van der Waals surface area contributed by atoms with Crippen LogP contribution in [0.5, 0.6) is 0 Å². The fraction of sp³-hybridized carbons (Fsp3) is 0.188. The fourth-order valence-electron chi connectivity index (χ4n) is 2.96. The fourth-order valence-corrected chi connectivity index (χ4v) is 2.96. The molecular formula is C16H13ClN4O. The average molecular weight is 313 g/mol. The lowest BCUT2D eigenvalue weighted by atomic mass is 9.94. The van der Waals surface area contributed by atoms with E-state index in [1.54, 1.807) is 18.2 Å². The molecule has 0 aliphatic carbocycles. The summed E-state index contributed by atoms with van der Waals surface area (Å²) >= 11 is 0. The summed E-state index contributed by atoms with van der Waals surface area (Å²) in [5.41, 5.74) is 5.08. The zero-order chi connectivity index (χ0) is 14.4. The molecule has 2 aliphatic heterocycles. The Labute approximate surface area is 133 Å². The van der Waals surface area contributed by atoms with Crippen molar-refractivity contribution in [2.24, 2.45) is 0 Å². The van der Waals surface area contributed by atoms with Gasteiger partial charge in [-0.1, -0.05) is 6.07 Å². The standard InChI is InChI=1S/C16H12N4O.ClH/c17-6-9-1-3-12-11(5-9)15(16(21)20-12)13-4-2-10-7-18-8-14(10)19-13;/h1-5,15,18H,7-8H2,(H,20,21);1H. The summed E-state index contributed by atoms with van der Waals surface area (Å²) in [6.45, 7) is 1.57. The van der Waals surface area contributed by atoms with Gasteiger partial charge in [0, 0.05) is 18.8 Å². The lowest BCUT2D eigenvalue weighted by Crippen LogP contribution is -2.15. The Morgan fingerprint density at radius 2 is 2.09 bits per heavy atom. The summed E-state index contributed by atoms with van der Waals surface area (Å²) < 4.78 is 0. The molecule has 6 heteroatoms. The van der Waals surface area contributed by atoms with Gasteiger partial charge in [0.2, 0.25) is 5.91 Å². The highest BCUT2D eigenvalue weighted by Gasteiger charge is 2.33. The molecule has 0 bridgehead atoms. The van der Waals surface area contributed by atoms with Gasteiger partial charge in [-0.15, -0.1) is 12.4 Å². The van der Waals surface area contributed by atoms with E-state index in [2.05, 4.69) is 21.7 Å². The number of anilines is 1.